The van der Waals surface area contributed by atoms with Crippen LogP contribution in [0.1, 0.15) is 17.5 Å². The van der Waals surface area contributed by atoms with Crippen LogP contribution < -0.4 is 10.0 Å². The normalized spacial score (nSPS) is 11.2. The molecular formula is C17H19ClN2O3S. The fourth-order valence-corrected chi connectivity index (χ4v) is 3.68. The molecule has 0 aliphatic rings. The number of carbonyl (C=O) groups excluding carboxylic acids is 1. The number of benzene rings is 2. The maximum atomic E-state index is 12.1. The van der Waals surface area contributed by atoms with Crippen molar-refractivity contribution in [3.8, 4) is 0 Å². The summed E-state index contributed by atoms with van der Waals surface area (Å²) in [5.74, 6) is -0.222. The first-order valence-corrected chi connectivity index (χ1v) is 9.31. The summed E-state index contributed by atoms with van der Waals surface area (Å²) in [5.41, 5.74) is 2.12. The molecule has 0 heterocycles. The van der Waals surface area contributed by atoms with Crippen molar-refractivity contribution in [2.75, 3.05) is 6.54 Å². The van der Waals surface area contributed by atoms with Crippen LogP contribution in [-0.4, -0.2) is 20.9 Å². The van der Waals surface area contributed by atoms with Crippen LogP contribution >= 0.6 is 11.6 Å². The standard InChI is InChI=1S/C17H19ClN2O3S/c1-13-6-2-3-7-14(13)12-19-17(21)10-11-20-24(22,23)16-9-5-4-8-15(16)18/h2-9,20H,10-12H2,1H3,(H,19,21). The minimum absolute atomic E-state index is 0.00647. The molecule has 0 radical (unpaired) electrons. The second kappa shape index (κ2) is 8.28. The third-order valence-electron chi connectivity index (χ3n) is 3.51. The Balaban J connectivity index is 1.82. The van der Waals surface area contributed by atoms with Crippen molar-refractivity contribution in [2.45, 2.75) is 24.8 Å². The van der Waals surface area contributed by atoms with Gasteiger partial charge in [-0.15, -0.1) is 0 Å². The van der Waals surface area contributed by atoms with Gasteiger partial charge in [0.1, 0.15) is 4.90 Å². The maximum absolute atomic E-state index is 12.1. The van der Waals surface area contributed by atoms with Crippen molar-refractivity contribution in [3.63, 3.8) is 0 Å². The van der Waals surface area contributed by atoms with E-state index in [-0.39, 0.29) is 28.8 Å². The SMILES string of the molecule is Cc1ccccc1CNC(=O)CCNS(=O)(=O)c1ccccc1Cl. The third kappa shape index (κ3) is 5.06. The van der Waals surface area contributed by atoms with Crippen LogP contribution in [0.3, 0.4) is 0 Å². The first-order chi connectivity index (χ1) is 11.4. The first-order valence-electron chi connectivity index (χ1n) is 7.45. The smallest absolute Gasteiger partial charge is 0.242 e. The lowest BCUT2D eigenvalue weighted by molar-refractivity contribution is -0.121. The summed E-state index contributed by atoms with van der Waals surface area (Å²) in [6.45, 7) is 2.40. The van der Waals surface area contributed by atoms with Crippen molar-refractivity contribution < 1.29 is 13.2 Å². The van der Waals surface area contributed by atoms with Gasteiger partial charge in [-0.1, -0.05) is 48.0 Å². The number of sulfonamides is 1. The third-order valence-corrected chi connectivity index (χ3v) is 5.47. The zero-order chi connectivity index (χ0) is 17.6. The maximum Gasteiger partial charge on any atom is 0.242 e. The Kier molecular flexibility index (Phi) is 6.36. The van der Waals surface area contributed by atoms with E-state index in [1.807, 2.05) is 31.2 Å². The number of hydrogen-bond acceptors (Lipinski definition) is 3. The molecule has 0 unspecified atom stereocenters. The van der Waals surface area contributed by atoms with E-state index in [1.165, 1.54) is 12.1 Å². The highest BCUT2D eigenvalue weighted by atomic mass is 35.5. The highest BCUT2D eigenvalue weighted by Crippen LogP contribution is 2.19. The Morgan fingerprint density at radius 1 is 1.08 bits per heavy atom. The largest absolute Gasteiger partial charge is 0.352 e. The van der Waals surface area contributed by atoms with Gasteiger partial charge in [-0.25, -0.2) is 13.1 Å². The van der Waals surface area contributed by atoms with Crippen molar-refractivity contribution in [3.05, 3.63) is 64.7 Å². The number of amides is 1. The van der Waals surface area contributed by atoms with Gasteiger partial charge in [0, 0.05) is 19.5 Å². The van der Waals surface area contributed by atoms with Gasteiger partial charge in [0.2, 0.25) is 15.9 Å². The lowest BCUT2D eigenvalue weighted by Crippen LogP contribution is -2.30. The second-order valence-electron chi connectivity index (χ2n) is 5.28. The summed E-state index contributed by atoms with van der Waals surface area (Å²) < 4.78 is 26.6. The molecule has 2 rings (SSSR count). The van der Waals surface area contributed by atoms with Crippen LogP contribution in [0, 0.1) is 6.92 Å². The van der Waals surface area contributed by atoms with Crippen LogP contribution in [0.4, 0.5) is 0 Å². The average Bonchev–Trinajstić information content (AvgIpc) is 2.54. The average molecular weight is 367 g/mol. The number of aryl methyl sites for hydroxylation is 1. The monoisotopic (exact) mass is 366 g/mol. The minimum Gasteiger partial charge on any atom is -0.352 e. The highest BCUT2D eigenvalue weighted by molar-refractivity contribution is 7.89. The molecule has 0 saturated heterocycles. The van der Waals surface area contributed by atoms with Gasteiger partial charge in [-0.2, -0.15) is 0 Å². The number of rotatable bonds is 7. The number of nitrogens with one attached hydrogen (secondary N) is 2. The Hall–Kier alpha value is -1.89. The molecule has 5 nitrogen and oxygen atoms in total. The van der Waals surface area contributed by atoms with Gasteiger partial charge in [0.05, 0.1) is 5.02 Å². The van der Waals surface area contributed by atoms with Crippen molar-refractivity contribution in [2.24, 2.45) is 0 Å². The molecule has 24 heavy (non-hydrogen) atoms. The molecule has 0 atom stereocenters. The molecule has 2 aromatic carbocycles. The van der Waals surface area contributed by atoms with Gasteiger partial charge >= 0.3 is 0 Å². The van der Waals surface area contributed by atoms with Crippen LogP contribution in [0.2, 0.25) is 5.02 Å². The summed E-state index contributed by atoms with van der Waals surface area (Å²) >= 11 is 5.88. The molecule has 0 aliphatic heterocycles. The molecule has 0 bridgehead atoms. The molecule has 2 aromatic rings. The zero-order valence-electron chi connectivity index (χ0n) is 13.3. The summed E-state index contributed by atoms with van der Waals surface area (Å²) in [4.78, 5) is 11.9. The first kappa shape index (κ1) is 18.4. The van der Waals surface area contributed by atoms with Crippen LogP contribution in [0.25, 0.3) is 0 Å². The summed E-state index contributed by atoms with van der Waals surface area (Å²) in [7, 11) is -3.72. The zero-order valence-corrected chi connectivity index (χ0v) is 14.8. The topological polar surface area (TPSA) is 75.3 Å². The predicted octanol–water partition coefficient (Wildman–Crippen LogP) is 2.63. The Morgan fingerprint density at radius 2 is 1.75 bits per heavy atom. The fourth-order valence-electron chi connectivity index (χ4n) is 2.13. The predicted molar refractivity (Wildman–Crippen MR) is 94.3 cm³/mol. The van der Waals surface area contributed by atoms with E-state index < -0.39 is 10.0 Å². The van der Waals surface area contributed by atoms with Crippen LogP contribution in [-0.2, 0) is 21.4 Å². The van der Waals surface area contributed by atoms with Gasteiger partial charge in [-0.05, 0) is 30.2 Å². The molecule has 0 spiro atoms. The lowest BCUT2D eigenvalue weighted by atomic mass is 10.1. The molecule has 7 heteroatoms. The van der Waals surface area contributed by atoms with Gasteiger partial charge in [0.15, 0.2) is 0 Å². The van der Waals surface area contributed by atoms with E-state index >= 15 is 0 Å². The van der Waals surface area contributed by atoms with Crippen molar-refractivity contribution >= 4 is 27.5 Å². The molecule has 0 aromatic heterocycles. The van der Waals surface area contributed by atoms with Gasteiger partial charge < -0.3 is 5.32 Å². The van der Waals surface area contributed by atoms with Crippen LogP contribution in [0.5, 0.6) is 0 Å². The Bertz CT molecular complexity index is 822. The van der Waals surface area contributed by atoms with Crippen molar-refractivity contribution in [1.82, 2.24) is 10.0 Å². The second-order valence-corrected chi connectivity index (χ2v) is 7.42. The summed E-state index contributed by atoms with van der Waals surface area (Å²) in [5, 5.41) is 2.92. The minimum atomic E-state index is -3.72. The van der Waals surface area contributed by atoms with Crippen LogP contribution in [0.15, 0.2) is 53.4 Å². The molecular weight excluding hydrogens is 348 g/mol. The van der Waals surface area contributed by atoms with E-state index in [1.54, 1.807) is 12.1 Å². The summed E-state index contributed by atoms with van der Waals surface area (Å²) in [6.07, 6.45) is 0.0512. The number of carbonyl (C=O) groups is 1. The number of halogens is 1. The Morgan fingerprint density at radius 3 is 2.46 bits per heavy atom. The van der Waals surface area contributed by atoms with Crippen molar-refractivity contribution in [1.29, 1.82) is 0 Å². The highest BCUT2D eigenvalue weighted by Gasteiger charge is 2.17. The molecule has 0 saturated carbocycles. The van der Waals surface area contributed by atoms with E-state index in [2.05, 4.69) is 10.0 Å². The summed E-state index contributed by atoms with van der Waals surface area (Å²) in [6, 6.07) is 13.9. The number of hydrogen-bond donors (Lipinski definition) is 2. The molecule has 0 aliphatic carbocycles. The molecule has 2 N–H and O–H groups in total. The lowest BCUT2D eigenvalue weighted by Gasteiger charge is -2.09. The van der Waals surface area contributed by atoms with Gasteiger partial charge in [0.25, 0.3) is 0 Å². The molecule has 1 amide bonds. The Labute approximate surface area is 147 Å². The fraction of sp³-hybridized carbons (Fsp3) is 0.235. The van der Waals surface area contributed by atoms with E-state index in [9.17, 15) is 13.2 Å². The quantitative estimate of drug-likeness (QED) is 0.791. The van der Waals surface area contributed by atoms with Gasteiger partial charge in [-0.3, -0.25) is 4.79 Å². The van der Waals surface area contributed by atoms with E-state index in [0.29, 0.717) is 6.54 Å². The molecule has 128 valence electrons. The molecule has 0 fully saturated rings. The van der Waals surface area contributed by atoms with E-state index in [0.717, 1.165) is 11.1 Å². The van der Waals surface area contributed by atoms with E-state index in [4.69, 9.17) is 11.6 Å².